The summed E-state index contributed by atoms with van der Waals surface area (Å²) in [5, 5.41) is 1.86. The molecular weight excluding hydrogens is 351 g/mol. The average molecular weight is 366 g/mol. The van der Waals surface area contributed by atoms with Crippen molar-refractivity contribution in [2.45, 2.75) is 6.54 Å². The highest BCUT2D eigenvalue weighted by Gasteiger charge is 2.14. The van der Waals surface area contributed by atoms with Crippen molar-refractivity contribution in [1.82, 2.24) is 4.57 Å². The van der Waals surface area contributed by atoms with E-state index in [2.05, 4.69) is 9.56 Å². The van der Waals surface area contributed by atoms with Crippen LogP contribution in [0.3, 0.4) is 0 Å². The van der Waals surface area contributed by atoms with Gasteiger partial charge in [-0.25, -0.2) is 0 Å². The molecule has 0 spiro atoms. The van der Waals surface area contributed by atoms with E-state index < -0.39 is 5.91 Å². The Morgan fingerprint density at radius 2 is 1.81 bits per heavy atom. The zero-order chi connectivity index (χ0) is 18.3. The smallest absolute Gasteiger partial charge is 0.280 e. The zero-order valence-electron chi connectivity index (χ0n) is 13.6. The van der Waals surface area contributed by atoms with Gasteiger partial charge in [-0.1, -0.05) is 24.3 Å². The van der Waals surface area contributed by atoms with Crippen LogP contribution in [0.25, 0.3) is 21.8 Å². The number of fused-ring (bicyclic) bond motifs is 3. The summed E-state index contributed by atoms with van der Waals surface area (Å²) in [6, 6.07) is 16.6. The minimum absolute atomic E-state index is 0.218. The first-order chi connectivity index (χ1) is 12.5. The summed E-state index contributed by atoms with van der Waals surface area (Å²) in [5.74, 6) is -0.768. The van der Waals surface area contributed by atoms with Gasteiger partial charge in [-0.15, -0.1) is 11.3 Å². The average Bonchev–Trinajstić information content (AvgIpc) is 3.16. The minimum Gasteiger partial charge on any atom is -0.370 e. The fourth-order valence-electron chi connectivity index (χ4n) is 3.13. The van der Waals surface area contributed by atoms with Crippen molar-refractivity contribution < 1.29 is 9.18 Å². The van der Waals surface area contributed by atoms with Crippen LogP contribution in [0.2, 0.25) is 0 Å². The maximum Gasteiger partial charge on any atom is 0.280 e. The molecule has 4 rings (SSSR count). The lowest BCUT2D eigenvalue weighted by Gasteiger charge is -2.06. The second-order valence-electron chi connectivity index (χ2n) is 5.88. The first-order valence-electron chi connectivity index (χ1n) is 7.92. The van der Waals surface area contributed by atoms with Crippen LogP contribution in [0.5, 0.6) is 0 Å². The zero-order valence-corrected chi connectivity index (χ0v) is 14.5. The number of rotatable bonds is 3. The predicted molar refractivity (Wildman–Crippen MR) is 103 cm³/mol. The number of carbonyl (C=O) groups is 1. The van der Waals surface area contributed by atoms with E-state index in [-0.39, 0.29) is 11.1 Å². The van der Waals surface area contributed by atoms with Gasteiger partial charge in [0, 0.05) is 26.7 Å². The van der Waals surface area contributed by atoms with Crippen molar-refractivity contribution in [3.8, 4) is 0 Å². The molecule has 0 radical (unpaired) electrons. The van der Waals surface area contributed by atoms with E-state index in [4.69, 9.17) is 11.5 Å². The van der Waals surface area contributed by atoms with Crippen molar-refractivity contribution >= 4 is 45.0 Å². The third-order valence-corrected chi connectivity index (χ3v) is 5.05. The van der Waals surface area contributed by atoms with Crippen molar-refractivity contribution in [3.05, 3.63) is 70.2 Å². The van der Waals surface area contributed by atoms with Gasteiger partial charge in [0.05, 0.1) is 12.1 Å². The highest BCUT2D eigenvalue weighted by Crippen LogP contribution is 2.31. The van der Waals surface area contributed by atoms with Crippen molar-refractivity contribution in [1.29, 1.82) is 0 Å². The SMILES string of the molecule is NC(N)=NC(=O)c1ccc2c3ccccc3n(Cc3ccc(F)s3)c2c1. The summed E-state index contributed by atoms with van der Waals surface area (Å²) in [6.45, 7) is 0.512. The number of para-hydroxylation sites is 1. The molecule has 5 nitrogen and oxygen atoms in total. The van der Waals surface area contributed by atoms with E-state index in [1.807, 2.05) is 30.3 Å². The normalized spacial score (nSPS) is 11.1. The molecule has 26 heavy (non-hydrogen) atoms. The Morgan fingerprint density at radius 1 is 1.04 bits per heavy atom. The molecule has 1 amide bonds. The molecule has 130 valence electrons. The monoisotopic (exact) mass is 366 g/mol. The summed E-state index contributed by atoms with van der Waals surface area (Å²) in [6.07, 6.45) is 0. The molecule has 0 aliphatic carbocycles. The number of hydrogen-bond donors (Lipinski definition) is 2. The number of aliphatic imine (C=N–C) groups is 1. The fourth-order valence-corrected chi connectivity index (χ4v) is 3.84. The van der Waals surface area contributed by atoms with Gasteiger partial charge in [0.15, 0.2) is 11.1 Å². The molecule has 0 bridgehead atoms. The molecule has 2 heterocycles. The number of hydrogen-bond acceptors (Lipinski definition) is 2. The molecule has 4 aromatic rings. The van der Waals surface area contributed by atoms with E-state index in [0.717, 1.165) is 38.0 Å². The number of carbonyl (C=O) groups excluding carboxylic acids is 1. The predicted octanol–water partition coefficient (Wildman–Crippen LogP) is 3.46. The van der Waals surface area contributed by atoms with Crippen LogP contribution < -0.4 is 11.5 Å². The van der Waals surface area contributed by atoms with E-state index in [9.17, 15) is 9.18 Å². The third kappa shape index (κ3) is 2.82. The molecule has 0 aliphatic heterocycles. The van der Waals surface area contributed by atoms with Crippen LogP contribution in [0.4, 0.5) is 4.39 Å². The van der Waals surface area contributed by atoms with Gasteiger partial charge in [0.2, 0.25) is 0 Å². The van der Waals surface area contributed by atoms with E-state index in [0.29, 0.717) is 12.1 Å². The minimum atomic E-state index is -0.495. The Labute approximate surface area is 152 Å². The van der Waals surface area contributed by atoms with Gasteiger partial charge in [-0.2, -0.15) is 9.38 Å². The van der Waals surface area contributed by atoms with Crippen LogP contribution in [0.1, 0.15) is 15.2 Å². The number of nitrogens with zero attached hydrogens (tertiary/aromatic N) is 2. The van der Waals surface area contributed by atoms with Crippen LogP contribution in [0.15, 0.2) is 59.6 Å². The Kier molecular flexibility index (Phi) is 3.93. The highest BCUT2D eigenvalue weighted by atomic mass is 32.1. The maximum atomic E-state index is 13.4. The highest BCUT2D eigenvalue weighted by molar-refractivity contribution is 7.10. The summed E-state index contributed by atoms with van der Waals surface area (Å²) >= 11 is 1.11. The molecule has 0 unspecified atom stereocenters. The lowest BCUT2D eigenvalue weighted by Crippen LogP contribution is -2.24. The van der Waals surface area contributed by atoms with Crippen molar-refractivity contribution in [3.63, 3.8) is 0 Å². The largest absolute Gasteiger partial charge is 0.370 e. The number of nitrogens with two attached hydrogens (primary N) is 2. The molecule has 2 aromatic heterocycles. The molecule has 0 saturated heterocycles. The lowest BCUT2D eigenvalue weighted by molar-refractivity contribution is 0.100. The molecular formula is C19H15FN4OS. The second-order valence-corrected chi connectivity index (χ2v) is 7.00. The Hall–Kier alpha value is -3.19. The number of amides is 1. The number of thiophene rings is 1. The van der Waals surface area contributed by atoms with Gasteiger partial charge in [0.1, 0.15) is 0 Å². The molecule has 4 N–H and O–H groups in total. The third-order valence-electron chi connectivity index (χ3n) is 4.19. The standard InChI is InChI=1S/C19H15FN4OS/c20-17-8-6-12(26-17)10-24-15-4-2-1-3-13(15)14-7-5-11(9-16(14)24)18(25)23-19(21)22/h1-9H,10H2,(H4,21,22,23,25). The Balaban J connectivity index is 1.93. The first-order valence-corrected chi connectivity index (χ1v) is 8.74. The van der Waals surface area contributed by atoms with Gasteiger partial charge in [-0.05, 0) is 30.3 Å². The van der Waals surface area contributed by atoms with E-state index in [1.165, 1.54) is 6.07 Å². The number of guanidine groups is 1. The van der Waals surface area contributed by atoms with Gasteiger partial charge in [-0.3, -0.25) is 4.79 Å². The summed E-state index contributed by atoms with van der Waals surface area (Å²) in [5.41, 5.74) is 12.9. The topological polar surface area (TPSA) is 86.4 Å². The molecule has 0 saturated carbocycles. The molecule has 7 heteroatoms. The van der Waals surface area contributed by atoms with E-state index in [1.54, 1.807) is 18.2 Å². The molecule has 0 aliphatic rings. The molecule has 0 atom stereocenters. The summed E-state index contributed by atoms with van der Waals surface area (Å²) < 4.78 is 15.5. The second kappa shape index (κ2) is 6.27. The molecule has 2 aromatic carbocycles. The fraction of sp³-hybridized carbons (Fsp3) is 0.0526. The Bertz CT molecular complexity index is 1170. The maximum absolute atomic E-state index is 13.4. The van der Waals surface area contributed by atoms with Gasteiger partial charge >= 0.3 is 0 Å². The lowest BCUT2D eigenvalue weighted by atomic mass is 10.1. The summed E-state index contributed by atoms with van der Waals surface area (Å²) in [4.78, 5) is 16.7. The summed E-state index contributed by atoms with van der Waals surface area (Å²) in [7, 11) is 0. The van der Waals surface area contributed by atoms with E-state index >= 15 is 0 Å². The van der Waals surface area contributed by atoms with Crippen LogP contribution >= 0.6 is 11.3 Å². The van der Waals surface area contributed by atoms with Gasteiger partial charge in [0.25, 0.3) is 5.91 Å². The Morgan fingerprint density at radius 3 is 2.54 bits per heavy atom. The van der Waals surface area contributed by atoms with Crippen LogP contribution in [0, 0.1) is 5.13 Å². The molecule has 0 fully saturated rings. The number of aromatic nitrogens is 1. The number of halogens is 1. The van der Waals surface area contributed by atoms with Crippen LogP contribution in [-0.2, 0) is 6.54 Å². The van der Waals surface area contributed by atoms with Crippen LogP contribution in [-0.4, -0.2) is 16.4 Å². The quantitative estimate of drug-likeness (QED) is 0.430. The van der Waals surface area contributed by atoms with Crippen molar-refractivity contribution in [2.24, 2.45) is 16.5 Å². The first kappa shape index (κ1) is 16.3. The van der Waals surface area contributed by atoms with Gasteiger partial charge < -0.3 is 16.0 Å². The number of benzene rings is 2. The van der Waals surface area contributed by atoms with Crippen molar-refractivity contribution in [2.75, 3.05) is 0 Å².